The molecular weight excluding hydrogens is 337 g/mol. The van der Waals surface area contributed by atoms with E-state index in [1.807, 2.05) is 11.8 Å². The van der Waals surface area contributed by atoms with E-state index in [0.717, 1.165) is 12.8 Å². The van der Waals surface area contributed by atoms with Crippen molar-refractivity contribution in [1.29, 1.82) is 0 Å². The van der Waals surface area contributed by atoms with Gasteiger partial charge < -0.3 is 10.4 Å². The highest BCUT2D eigenvalue weighted by Crippen LogP contribution is 2.26. The molecule has 0 atom stereocenters. The number of carbonyl (C=O) groups is 2. The van der Waals surface area contributed by atoms with Gasteiger partial charge in [-0.15, -0.1) is 0 Å². The third kappa shape index (κ3) is 3.83. The van der Waals surface area contributed by atoms with Crippen molar-refractivity contribution in [3.8, 4) is 0 Å². The molecule has 1 fully saturated rings. The van der Waals surface area contributed by atoms with Crippen molar-refractivity contribution < 1.29 is 19.1 Å². The van der Waals surface area contributed by atoms with E-state index in [1.54, 1.807) is 19.1 Å². The number of carboxylic acid groups (broad SMARTS) is 1. The topological polar surface area (TPSA) is 82.5 Å². The van der Waals surface area contributed by atoms with Crippen LogP contribution in [0, 0.1) is 12.7 Å². The maximum Gasteiger partial charge on any atom is 0.317 e. The van der Waals surface area contributed by atoms with E-state index in [4.69, 9.17) is 5.11 Å². The Labute approximate surface area is 151 Å². The molecule has 0 bridgehead atoms. The third-order valence-corrected chi connectivity index (χ3v) is 4.92. The van der Waals surface area contributed by atoms with E-state index in [9.17, 15) is 14.0 Å². The molecule has 2 N–H and O–H groups in total. The molecule has 7 heteroatoms. The first-order chi connectivity index (χ1) is 12.4. The minimum atomic E-state index is -0.839. The van der Waals surface area contributed by atoms with Crippen molar-refractivity contribution >= 4 is 22.8 Å². The lowest BCUT2D eigenvalue weighted by molar-refractivity contribution is -0.139. The van der Waals surface area contributed by atoms with Gasteiger partial charge in [0.1, 0.15) is 5.82 Å². The van der Waals surface area contributed by atoms with Gasteiger partial charge in [-0.05, 0) is 44.5 Å². The number of rotatable bonds is 6. The molecule has 6 nitrogen and oxygen atoms in total. The summed E-state index contributed by atoms with van der Waals surface area (Å²) in [6.45, 7) is 4.35. The predicted molar refractivity (Wildman–Crippen MR) is 95.6 cm³/mol. The number of aromatic nitrogens is 1. The van der Waals surface area contributed by atoms with Crippen LogP contribution in [-0.4, -0.2) is 52.0 Å². The average molecular weight is 359 g/mol. The van der Waals surface area contributed by atoms with Crippen LogP contribution < -0.4 is 5.32 Å². The van der Waals surface area contributed by atoms with Crippen molar-refractivity contribution in [1.82, 2.24) is 15.2 Å². The van der Waals surface area contributed by atoms with E-state index < -0.39 is 5.97 Å². The number of pyridine rings is 1. The Hall–Kier alpha value is -2.54. The number of fused-ring (bicyclic) bond motifs is 1. The quantitative estimate of drug-likeness (QED) is 0.827. The highest BCUT2D eigenvalue weighted by atomic mass is 19.1. The van der Waals surface area contributed by atoms with E-state index in [1.165, 1.54) is 12.1 Å². The number of nitrogens with zero attached hydrogens (tertiary/aromatic N) is 2. The van der Waals surface area contributed by atoms with Gasteiger partial charge in [0.25, 0.3) is 5.91 Å². The standard InChI is InChI=1S/C19H22FN3O3/c1-3-23(10-18(24)25)15-8-14(9-15)22-19(26)16-6-12-4-5-13(20)7-17(12)21-11(16)2/h4-7,14-15H,3,8-10H2,1-2H3,(H,22,26)(H,24,25). The van der Waals surface area contributed by atoms with E-state index >= 15 is 0 Å². The monoisotopic (exact) mass is 359 g/mol. The molecule has 26 heavy (non-hydrogen) atoms. The fraction of sp³-hybridized carbons (Fsp3) is 0.421. The second-order valence-corrected chi connectivity index (χ2v) is 6.71. The molecule has 138 valence electrons. The smallest absolute Gasteiger partial charge is 0.317 e. The lowest BCUT2D eigenvalue weighted by atomic mass is 9.85. The molecule has 2 aromatic rings. The van der Waals surface area contributed by atoms with Gasteiger partial charge in [-0.2, -0.15) is 0 Å². The molecule has 1 heterocycles. The van der Waals surface area contributed by atoms with Crippen LogP contribution in [0.3, 0.4) is 0 Å². The molecule has 0 aliphatic heterocycles. The second-order valence-electron chi connectivity index (χ2n) is 6.71. The zero-order chi connectivity index (χ0) is 18.8. The number of aliphatic carboxylic acids is 1. The summed E-state index contributed by atoms with van der Waals surface area (Å²) < 4.78 is 13.3. The Bertz CT molecular complexity index is 849. The van der Waals surface area contributed by atoms with Gasteiger partial charge in [0.2, 0.25) is 0 Å². The van der Waals surface area contributed by atoms with Crippen LogP contribution in [0.15, 0.2) is 24.3 Å². The Morgan fingerprint density at radius 3 is 2.73 bits per heavy atom. The van der Waals surface area contributed by atoms with Gasteiger partial charge >= 0.3 is 5.97 Å². The summed E-state index contributed by atoms with van der Waals surface area (Å²) in [5, 5.41) is 12.6. The zero-order valence-corrected chi connectivity index (χ0v) is 14.8. The number of hydrogen-bond acceptors (Lipinski definition) is 4. The minimum Gasteiger partial charge on any atom is -0.480 e. The predicted octanol–water partition coefficient (Wildman–Crippen LogP) is 2.35. The van der Waals surface area contributed by atoms with Crippen molar-refractivity contribution in [3.05, 3.63) is 41.3 Å². The van der Waals surface area contributed by atoms with E-state index in [0.29, 0.717) is 28.7 Å². The first-order valence-corrected chi connectivity index (χ1v) is 8.71. The zero-order valence-electron chi connectivity index (χ0n) is 14.8. The number of hydrogen-bond donors (Lipinski definition) is 2. The summed E-state index contributed by atoms with van der Waals surface area (Å²) in [7, 11) is 0. The number of halogens is 1. The molecule has 0 spiro atoms. The molecular formula is C19H22FN3O3. The van der Waals surface area contributed by atoms with E-state index in [-0.39, 0.29) is 30.4 Å². The van der Waals surface area contributed by atoms with Crippen LogP contribution >= 0.6 is 0 Å². The lowest BCUT2D eigenvalue weighted by Gasteiger charge is -2.42. The number of benzene rings is 1. The maximum atomic E-state index is 13.3. The SMILES string of the molecule is CCN(CC(=O)O)C1CC(NC(=O)c2cc3ccc(F)cc3nc2C)C1. The highest BCUT2D eigenvalue weighted by Gasteiger charge is 2.35. The molecule has 1 aromatic heterocycles. The molecule has 1 amide bonds. The molecule has 0 saturated heterocycles. The van der Waals surface area contributed by atoms with Crippen molar-refractivity contribution in [2.24, 2.45) is 0 Å². The number of amides is 1. The lowest BCUT2D eigenvalue weighted by Crippen LogP contribution is -2.54. The Morgan fingerprint density at radius 2 is 2.08 bits per heavy atom. The number of nitrogens with one attached hydrogen (secondary N) is 1. The fourth-order valence-corrected chi connectivity index (χ4v) is 3.41. The number of likely N-dealkylation sites (N-methyl/N-ethyl adjacent to an activating group) is 1. The number of aryl methyl sites for hydroxylation is 1. The van der Waals surface area contributed by atoms with Crippen LogP contribution in [0.5, 0.6) is 0 Å². The van der Waals surface area contributed by atoms with Crippen LogP contribution in [0.1, 0.15) is 35.8 Å². The summed E-state index contributed by atoms with van der Waals surface area (Å²) in [4.78, 5) is 29.7. The molecule has 1 saturated carbocycles. The first-order valence-electron chi connectivity index (χ1n) is 8.71. The van der Waals surface area contributed by atoms with Gasteiger partial charge in [-0.1, -0.05) is 6.92 Å². The van der Waals surface area contributed by atoms with Gasteiger partial charge in [0.05, 0.1) is 23.3 Å². The summed E-state index contributed by atoms with van der Waals surface area (Å²) in [5.74, 6) is -1.40. The summed E-state index contributed by atoms with van der Waals surface area (Å²) in [5.41, 5.74) is 1.55. The number of carboxylic acids is 1. The van der Waals surface area contributed by atoms with Gasteiger partial charge in [-0.25, -0.2) is 4.39 Å². The maximum absolute atomic E-state index is 13.3. The van der Waals surface area contributed by atoms with Gasteiger partial charge in [-0.3, -0.25) is 19.5 Å². The largest absolute Gasteiger partial charge is 0.480 e. The van der Waals surface area contributed by atoms with Crippen molar-refractivity contribution in [2.75, 3.05) is 13.1 Å². The molecule has 1 aromatic carbocycles. The van der Waals surface area contributed by atoms with E-state index in [2.05, 4.69) is 10.3 Å². The summed E-state index contributed by atoms with van der Waals surface area (Å²) in [6.07, 6.45) is 1.47. The normalized spacial score (nSPS) is 19.4. The second kappa shape index (κ2) is 7.37. The fourth-order valence-electron chi connectivity index (χ4n) is 3.41. The van der Waals surface area contributed by atoms with Crippen LogP contribution in [0.2, 0.25) is 0 Å². The average Bonchev–Trinajstić information content (AvgIpc) is 2.54. The molecule has 1 aliphatic rings. The van der Waals surface area contributed by atoms with Crippen LogP contribution in [-0.2, 0) is 4.79 Å². The van der Waals surface area contributed by atoms with Gasteiger partial charge in [0, 0.05) is 23.5 Å². The molecule has 1 aliphatic carbocycles. The summed E-state index contributed by atoms with van der Waals surface area (Å²) >= 11 is 0. The molecule has 3 rings (SSSR count). The Kier molecular flexibility index (Phi) is 5.18. The van der Waals surface area contributed by atoms with Crippen molar-refractivity contribution in [3.63, 3.8) is 0 Å². The number of carbonyl (C=O) groups excluding carboxylic acids is 1. The summed E-state index contributed by atoms with van der Waals surface area (Å²) in [6, 6.07) is 6.24. The Balaban J connectivity index is 1.64. The molecule has 0 unspecified atom stereocenters. The van der Waals surface area contributed by atoms with Crippen LogP contribution in [0.25, 0.3) is 10.9 Å². The Morgan fingerprint density at radius 1 is 1.35 bits per heavy atom. The van der Waals surface area contributed by atoms with Gasteiger partial charge in [0.15, 0.2) is 0 Å². The minimum absolute atomic E-state index is 0.0199. The molecule has 0 radical (unpaired) electrons. The van der Waals surface area contributed by atoms with Crippen LogP contribution in [0.4, 0.5) is 4.39 Å². The first kappa shape index (κ1) is 18.3. The van der Waals surface area contributed by atoms with Crippen molar-refractivity contribution in [2.45, 2.75) is 38.8 Å². The highest BCUT2D eigenvalue weighted by molar-refractivity contribution is 5.98. The third-order valence-electron chi connectivity index (χ3n) is 4.92.